The molecule has 0 spiro atoms. The summed E-state index contributed by atoms with van der Waals surface area (Å²) >= 11 is 0. The summed E-state index contributed by atoms with van der Waals surface area (Å²) in [5, 5.41) is 17.4. The number of morpholine rings is 1. The Morgan fingerprint density at radius 3 is 2.78 bits per heavy atom. The molecule has 2 amide bonds. The molecule has 1 saturated heterocycles. The van der Waals surface area contributed by atoms with Crippen LogP contribution in [0.15, 0.2) is 24.3 Å². The summed E-state index contributed by atoms with van der Waals surface area (Å²) in [4.78, 5) is 14.8. The normalized spacial score (nSPS) is 17.3. The number of tetrazole rings is 1. The number of hydrogen-bond acceptors (Lipinski definition) is 6. The quantitative estimate of drug-likeness (QED) is 0.798. The summed E-state index contributed by atoms with van der Waals surface area (Å²) in [5.74, 6) is 0.681. The molecule has 146 valence electrons. The maximum atomic E-state index is 12.4. The van der Waals surface area contributed by atoms with E-state index in [2.05, 4.69) is 44.9 Å². The van der Waals surface area contributed by atoms with Gasteiger partial charge in [-0.05, 0) is 48.9 Å². The molecule has 2 aromatic rings. The maximum Gasteiger partial charge on any atom is 0.319 e. The Balaban J connectivity index is 1.60. The monoisotopic (exact) mass is 373 g/mol. The van der Waals surface area contributed by atoms with Crippen molar-refractivity contribution in [2.24, 2.45) is 0 Å². The highest BCUT2D eigenvalue weighted by Crippen LogP contribution is 2.20. The summed E-state index contributed by atoms with van der Waals surface area (Å²) in [6.45, 7) is 9.98. The van der Waals surface area contributed by atoms with E-state index in [0.29, 0.717) is 18.1 Å². The Hall–Kier alpha value is -2.52. The second-order valence-electron chi connectivity index (χ2n) is 6.95. The number of nitrogens with zero attached hydrogens (tertiary/aromatic N) is 5. The molecule has 0 aliphatic carbocycles. The first-order valence-corrected chi connectivity index (χ1v) is 9.25. The first-order chi connectivity index (χ1) is 13.0. The fraction of sp³-hybridized carbons (Fsp3) is 0.556. The fourth-order valence-electron chi connectivity index (χ4n) is 3.20. The van der Waals surface area contributed by atoms with Crippen LogP contribution in [0.5, 0.6) is 0 Å². The number of hydrogen-bond donors (Lipinski definition) is 2. The van der Waals surface area contributed by atoms with Crippen LogP contribution in [0.4, 0.5) is 10.5 Å². The third-order valence-electron chi connectivity index (χ3n) is 5.14. The van der Waals surface area contributed by atoms with Gasteiger partial charge in [0.15, 0.2) is 5.82 Å². The lowest BCUT2D eigenvalue weighted by molar-refractivity contribution is -0.0163. The Morgan fingerprint density at radius 2 is 2.11 bits per heavy atom. The minimum absolute atomic E-state index is 0.0908. The molecule has 1 aromatic carbocycles. The summed E-state index contributed by atoms with van der Waals surface area (Å²) in [6, 6.07) is 7.19. The van der Waals surface area contributed by atoms with E-state index in [0.717, 1.165) is 38.4 Å². The molecule has 0 radical (unpaired) electrons. The van der Waals surface area contributed by atoms with E-state index in [1.54, 1.807) is 4.68 Å². The summed E-state index contributed by atoms with van der Waals surface area (Å²) in [7, 11) is 0. The van der Waals surface area contributed by atoms with Crippen molar-refractivity contribution in [2.45, 2.75) is 32.7 Å². The van der Waals surface area contributed by atoms with Crippen molar-refractivity contribution in [1.29, 1.82) is 0 Å². The third kappa shape index (κ3) is 4.61. The molecule has 27 heavy (non-hydrogen) atoms. The molecule has 1 atom stereocenters. The number of aromatic nitrogens is 4. The van der Waals surface area contributed by atoms with Crippen molar-refractivity contribution in [3.63, 3.8) is 0 Å². The highest BCUT2D eigenvalue weighted by molar-refractivity contribution is 5.89. The molecule has 0 saturated carbocycles. The van der Waals surface area contributed by atoms with E-state index >= 15 is 0 Å². The SMILES string of the molecule is CC[C@@](C)(CNC(=O)Nc1cccc(-n2nnnc2C)c1)N1CCOCC1. The van der Waals surface area contributed by atoms with Crippen molar-refractivity contribution < 1.29 is 9.53 Å². The van der Waals surface area contributed by atoms with Crippen LogP contribution in [-0.4, -0.2) is 69.5 Å². The van der Waals surface area contributed by atoms with E-state index in [4.69, 9.17) is 4.74 Å². The van der Waals surface area contributed by atoms with Gasteiger partial charge in [0.1, 0.15) is 0 Å². The van der Waals surface area contributed by atoms with Gasteiger partial charge in [0.2, 0.25) is 0 Å². The van der Waals surface area contributed by atoms with Crippen LogP contribution in [0.2, 0.25) is 0 Å². The number of anilines is 1. The highest BCUT2D eigenvalue weighted by Gasteiger charge is 2.31. The van der Waals surface area contributed by atoms with E-state index in [9.17, 15) is 4.79 Å². The Bertz CT molecular complexity index is 773. The van der Waals surface area contributed by atoms with Gasteiger partial charge in [-0.2, -0.15) is 4.68 Å². The zero-order chi connectivity index (χ0) is 19.3. The summed E-state index contributed by atoms with van der Waals surface area (Å²) in [5.41, 5.74) is 1.39. The predicted octanol–water partition coefficient (Wildman–Crippen LogP) is 1.59. The standard InChI is InChI=1S/C18H27N7O2/c1-4-18(3,24-8-10-27-11-9-24)13-19-17(26)20-15-6-5-7-16(12-15)25-14(2)21-22-23-25/h5-7,12H,4,8-11,13H2,1-3H3,(H2,19,20,26)/t18-/m0/s1. The lowest BCUT2D eigenvalue weighted by atomic mass is 9.95. The average molecular weight is 373 g/mol. The topological polar surface area (TPSA) is 97.2 Å². The molecule has 1 fully saturated rings. The van der Waals surface area contributed by atoms with Crippen molar-refractivity contribution in [1.82, 2.24) is 30.4 Å². The fourth-order valence-corrected chi connectivity index (χ4v) is 3.20. The maximum absolute atomic E-state index is 12.4. The molecule has 1 aromatic heterocycles. The zero-order valence-electron chi connectivity index (χ0n) is 16.1. The van der Waals surface area contributed by atoms with Crippen molar-refractivity contribution in [2.75, 3.05) is 38.2 Å². The van der Waals surface area contributed by atoms with Gasteiger partial charge in [0, 0.05) is 30.9 Å². The van der Waals surface area contributed by atoms with E-state index in [1.165, 1.54) is 0 Å². The first kappa shape index (κ1) is 19.2. The minimum atomic E-state index is -0.228. The second-order valence-corrected chi connectivity index (χ2v) is 6.95. The number of ether oxygens (including phenoxy) is 1. The van der Waals surface area contributed by atoms with Gasteiger partial charge in [0.25, 0.3) is 0 Å². The van der Waals surface area contributed by atoms with Crippen LogP contribution >= 0.6 is 0 Å². The Kier molecular flexibility index (Phi) is 6.02. The van der Waals surface area contributed by atoms with Gasteiger partial charge in [-0.25, -0.2) is 4.79 Å². The molecule has 1 aliphatic heterocycles. The highest BCUT2D eigenvalue weighted by atomic mass is 16.5. The van der Waals surface area contributed by atoms with Crippen LogP contribution in [-0.2, 0) is 4.74 Å². The molecule has 9 nitrogen and oxygen atoms in total. The van der Waals surface area contributed by atoms with Gasteiger partial charge in [-0.1, -0.05) is 13.0 Å². The van der Waals surface area contributed by atoms with E-state index in [-0.39, 0.29) is 11.6 Å². The molecular weight excluding hydrogens is 346 g/mol. The molecule has 0 bridgehead atoms. The van der Waals surface area contributed by atoms with Gasteiger partial charge in [-0.3, -0.25) is 4.90 Å². The van der Waals surface area contributed by atoms with Crippen LogP contribution in [0.1, 0.15) is 26.1 Å². The molecule has 3 rings (SSSR count). The third-order valence-corrected chi connectivity index (χ3v) is 5.14. The lowest BCUT2D eigenvalue weighted by Crippen LogP contribution is -2.57. The van der Waals surface area contributed by atoms with Crippen molar-refractivity contribution >= 4 is 11.7 Å². The number of aryl methyl sites for hydroxylation is 1. The summed E-state index contributed by atoms with van der Waals surface area (Å²) in [6.07, 6.45) is 0.946. The predicted molar refractivity (Wildman–Crippen MR) is 102 cm³/mol. The van der Waals surface area contributed by atoms with Crippen LogP contribution in [0.3, 0.4) is 0 Å². The van der Waals surface area contributed by atoms with Gasteiger partial charge in [-0.15, -0.1) is 5.10 Å². The van der Waals surface area contributed by atoms with Gasteiger partial charge in [0.05, 0.1) is 18.9 Å². The number of amides is 2. The van der Waals surface area contributed by atoms with Crippen LogP contribution < -0.4 is 10.6 Å². The van der Waals surface area contributed by atoms with E-state index < -0.39 is 0 Å². The largest absolute Gasteiger partial charge is 0.379 e. The lowest BCUT2D eigenvalue weighted by Gasteiger charge is -2.43. The minimum Gasteiger partial charge on any atom is -0.379 e. The second kappa shape index (κ2) is 8.45. The number of carbonyl (C=O) groups excluding carboxylic acids is 1. The van der Waals surface area contributed by atoms with Crippen LogP contribution in [0, 0.1) is 6.92 Å². The number of benzene rings is 1. The Morgan fingerprint density at radius 1 is 1.33 bits per heavy atom. The number of urea groups is 1. The van der Waals surface area contributed by atoms with Gasteiger partial charge < -0.3 is 15.4 Å². The number of nitrogens with one attached hydrogen (secondary N) is 2. The van der Waals surface area contributed by atoms with Crippen LogP contribution in [0.25, 0.3) is 5.69 Å². The summed E-state index contributed by atoms with van der Waals surface area (Å²) < 4.78 is 7.06. The van der Waals surface area contributed by atoms with E-state index in [1.807, 2.05) is 31.2 Å². The molecule has 2 heterocycles. The zero-order valence-corrected chi connectivity index (χ0v) is 16.1. The van der Waals surface area contributed by atoms with Gasteiger partial charge >= 0.3 is 6.03 Å². The molecule has 1 aliphatic rings. The van der Waals surface area contributed by atoms with Crippen molar-refractivity contribution in [3.8, 4) is 5.69 Å². The average Bonchev–Trinajstić information content (AvgIpc) is 3.13. The first-order valence-electron chi connectivity index (χ1n) is 9.25. The number of carbonyl (C=O) groups is 1. The smallest absolute Gasteiger partial charge is 0.319 e. The number of rotatable bonds is 6. The molecular formula is C18H27N7O2. The molecule has 2 N–H and O–H groups in total. The molecule has 0 unspecified atom stereocenters. The van der Waals surface area contributed by atoms with Crippen molar-refractivity contribution in [3.05, 3.63) is 30.1 Å². The Labute approximate surface area is 159 Å². The molecule has 9 heteroatoms.